The maximum Gasteiger partial charge on any atom is 0.235 e. The van der Waals surface area contributed by atoms with Gasteiger partial charge in [-0.3, -0.25) is 4.79 Å². The summed E-state index contributed by atoms with van der Waals surface area (Å²) in [6.45, 7) is 3.77. The highest BCUT2D eigenvalue weighted by molar-refractivity contribution is 6.27. The highest BCUT2D eigenvalue weighted by Crippen LogP contribution is 2.32. The number of alkyl halides is 1. The molecule has 0 bridgehead atoms. The zero-order valence-electron chi connectivity index (χ0n) is 11.0. The number of hydrogen-bond donors (Lipinski definition) is 1. The van der Waals surface area contributed by atoms with E-state index in [2.05, 4.69) is 5.32 Å². The number of nitrogens with one attached hydrogen (secondary N) is 1. The van der Waals surface area contributed by atoms with Crippen LogP contribution in [0.4, 0.5) is 0 Å². The fraction of sp³-hybridized carbons (Fsp3) is 0.462. The van der Waals surface area contributed by atoms with Gasteiger partial charge in [0.25, 0.3) is 0 Å². The van der Waals surface area contributed by atoms with Crippen molar-refractivity contribution in [1.82, 2.24) is 5.32 Å². The van der Waals surface area contributed by atoms with Crippen molar-refractivity contribution in [3.63, 3.8) is 0 Å². The maximum atomic E-state index is 11.4. The number of carbonyl (C=O) groups excluding carboxylic acids is 1. The van der Waals surface area contributed by atoms with Gasteiger partial charge in [-0.1, -0.05) is 0 Å². The van der Waals surface area contributed by atoms with E-state index < -0.39 is 5.54 Å². The van der Waals surface area contributed by atoms with Gasteiger partial charge in [0, 0.05) is 5.56 Å². The van der Waals surface area contributed by atoms with E-state index in [9.17, 15) is 4.79 Å². The van der Waals surface area contributed by atoms with Crippen LogP contribution in [-0.4, -0.2) is 26.0 Å². The molecule has 0 aliphatic carbocycles. The third kappa shape index (κ3) is 3.29. The highest BCUT2D eigenvalue weighted by atomic mass is 35.5. The van der Waals surface area contributed by atoms with Crippen molar-refractivity contribution in [2.45, 2.75) is 19.4 Å². The summed E-state index contributed by atoms with van der Waals surface area (Å²) < 4.78 is 10.5. The van der Waals surface area contributed by atoms with Crippen molar-refractivity contribution in [1.29, 1.82) is 0 Å². The molecule has 5 heteroatoms. The zero-order valence-corrected chi connectivity index (χ0v) is 11.8. The molecule has 0 saturated carbocycles. The minimum absolute atomic E-state index is 0.0737. The van der Waals surface area contributed by atoms with Crippen LogP contribution < -0.4 is 14.8 Å². The predicted molar refractivity (Wildman–Crippen MR) is 71.4 cm³/mol. The first-order valence-corrected chi connectivity index (χ1v) is 6.07. The molecule has 1 rings (SSSR count). The van der Waals surface area contributed by atoms with Crippen molar-refractivity contribution in [3.05, 3.63) is 23.8 Å². The molecule has 0 fully saturated rings. The smallest absolute Gasteiger partial charge is 0.235 e. The normalized spacial score (nSPS) is 10.9. The van der Waals surface area contributed by atoms with Crippen LogP contribution >= 0.6 is 11.6 Å². The topological polar surface area (TPSA) is 47.6 Å². The number of rotatable bonds is 5. The van der Waals surface area contributed by atoms with Crippen molar-refractivity contribution in [2.75, 3.05) is 20.1 Å². The van der Waals surface area contributed by atoms with E-state index in [1.165, 1.54) is 0 Å². The van der Waals surface area contributed by atoms with Crippen molar-refractivity contribution >= 4 is 17.5 Å². The predicted octanol–water partition coefficient (Wildman–Crippen LogP) is 2.29. The Bertz CT molecular complexity index is 432. The van der Waals surface area contributed by atoms with Gasteiger partial charge in [-0.25, -0.2) is 0 Å². The Morgan fingerprint density at radius 2 is 2.00 bits per heavy atom. The molecule has 0 aliphatic rings. The molecule has 0 unspecified atom stereocenters. The molecule has 0 heterocycles. The van der Waals surface area contributed by atoms with Crippen LogP contribution in [-0.2, 0) is 10.3 Å². The second-order valence-electron chi connectivity index (χ2n) is 4.37. The van der Waals surface area contributed by atoms with Crippen molar-refractivity contribution in [3.8, 4) is 11.5 Å². The Morgan fingerprint density at radius 3 is 2.50 bits per heavy atom. The lowest BCUT2D eigenvalue weighted by atomic mass is 9.93. The lowest BCUT2D eigenvalue weighted by Gasteiger charge is -2.28. The molecule has 0 spiro atoms. The van der Waals surface area contributed by atoms with Gasteiger partial charge < -0.3 is 14.8 Å². The van der Waals surface area contributed by atoms with Crippen LogP contribution in [0.2, 0.25) is 0 Å². The van der Waals surface area contributed by atoms with Gasteiger partial charge in [0.05, 0.1) is 19.8 Å². The number of ether oxygens (including phenoxy) is 2. The van der Waals surface area contributed by atoms with E-state index in [0.717, 1.165) is 5.56 Å². The first-order valence-electron chi connectivity index (χ1n) is 5.54. The average Bonchev–Trinajstić information content (AvgIpc) is 2.37. The van der Waals surface area contributed by atoms with Gasteiger partial charge >= 0.3 is 0 Å². The van der Waals surface area contributed by atoms with E-state index >= 15 is 0 Å². The van der Waals surface area contributed by atoms with E-state index in [1.54, 1.807) is 14.2 Å². The monoisotopic (exact) mass is 271 g/mol. The minimum Gasteiger partial charge on any atom is -0.497 e. The van der Waals surface area contributed by atoms with E-state index in [0.29, 0.717) is 11.5 Å². The number of benzene rings is 1. The van der Waals surface area contributed by atoms with Crippen LogP contribution in [0.1, 0.15) is 19.4 Å². The molecule has 100 valence electrons. The third-order valence-electron chi connectivity index (χ3n) is 2.65. The molecule has 0 aromatic heterocycles. The fourth-order valence-corrected chi connectivity index (χ4v) is 1.82. The average molecular weight is 272 g/mol. The molecule has 0 saturated heterocycles. The Morgan fingerprint density at radius 1 is 1.33 bits per heavy atom. The van der Waals surface area contributed by atoms with Crippen LogP contribution in [0.5, 0.6) is 11.5 Å². The van der Waals surface area contributed by atoms with Gasteiger partial charge in [0.2, 0.25) is 5.91 Å². The number of amides is 1. The first-order chi connectivity index (χ1) is 8.44. The summed E-state index contributed by atoms with van der Waals surface area (Å²) in [4.78, 5) is 11.4. The van der Waals surface area contributed by atoms with Crippen LogP contribution in [0, 0.1) is 0 Å². The quantitative estimate of drug-likeness (QED) is 0.836. The summed E-state index contributed by atoms with van der Waals surface area (Å²) in [5.74, 6) is 1.09. The van der Waals surface area contributed by atoms with Crippen LogP contribution in [0.25, 0.3) is 0 Å². The van der Waals surface area contributed by atoms with Gasteiger partial charge in [-0.2, -0.15) is 0 Å². The first kappa shape index (κ1) is 14.6. The zero-order chi connectivity index (χ0) is 13.8. The van der Waals surface area contributed by atoms with Gasteiger partial charge in [0.15, 0.2) is 0 Å². The number of halogens is 1. The second kappa shape index (κ2) is 5.96. The Labute approximate surface area is 112 Å². The van der Waals surface area contributed by atoms with Gasteiger partial charge in [0.1, 0.15) is 17.4 Å². The number of hydrogen-bond acceptors (Lipinski definition) is 3. The molecule has 1 N–H and O–H groups in total. The highest BCUT2D eigenvalue weighted by Gasteiger charge is 2.26. The summed E-state index contributed by atoms with van der Waals surface area (Å²) in [7, 11) is 3.18. The minimum atomic E-state index is -0.591. The van der Waals surface area contributed by atoms with E-state index in [-0.39, 0.29) is 11.8 Å². The summed E-state index contributed by atoms with van der Waals surface area (Å²) in [5, 5.41) is 2.84. The fourth-order valence-electron chi connectivity index (χ4n) is 1.75. The molecule has 1 amide bonds. The van der Waals surface area contributed by atoms with E-state index in [4.69, 9.17) is 21.1 Å². The summed E-state index contributed by atoms with van der Waals surface area (Å²) in [6, 6.07) is 5.46. The molecular formula is C13H18ClNO3. The number of methoxy groups -OCH3 is 2. The Kier molecular flexibility index (Phi) is 4.84. The number of carbonyl (C=O) groups is 1. The van der Waals surface area contributed by atoms with Crippen LogP contribution in [0.3, 0.4) is 0 Å². The maximum absolute atomic E-state index is 11.4. The Hall–Kier alpha value is -1.42. The molecule has 0 aliphatic heterocycles. The van der Waals surface area contributed by atoms with Crippen LogP contribution in [0.15, 0.2) is 18.2 Å². The molecule has 0 atom stereocenters. The molecule has 1 aromatic carbocycles. The largest absolute Gasteiger partial charge is 0.497 e. The summed E-state index contributed by atoms with van der Waals surface area (Å²) in [5.41, 5.74) is 0.245. The second-order valence-corrected chi connectivity index (χ2v) is 4.64. The lowest BCUT2D eigenvalue weighted by molar-refractivity contribution is -0.120. The molecular weight excluding hydrogens is 254 g/mol. The lowest BCUT2D eigenvalue weighted by Crippen LogP contribution is -2.41. The molecule has 0 radical (unpaired) electrons. The van der Waals surface area contributed by atoms with Crippen molar-refractivity contribution < 1.29 is 14.3 Å². The van der Waals surface area contributed by atoms with Crippen molar-refractivity contribution in [2.24, 2.45) is 0 Å². The standard InChI is InChI=1S/C13H18ClNO3/c1-13(2,15-12(16)8-14)10-7-9(17-3)5-6-11(10)18-4/h5-7H,8H2,1-4H3,(H,15,16). The summed E-state index contributed by atoms with van der Waals surface area (Å²) in [6.07, 6.45) is 0. The molecule has 1 aromatic rings. The van der Waals surface area contributed by atoms with Gasteiger partial charge in [-0.05, 0) is 32.0 Å². The third-order valence-corrected chi connectivity index (χ3v) is 2.90. The molecule has 4 nitrogen and oxygen atoms in total. The summed E-state index contributed by atoms with van der Waals surface area (Å²) >= 11 is 5.51. The van der Waals surface area contributed by atoms with Gasteiger partial charge in [-0.15, -0.1) is 11.6 Å². The Balaban J connectivity index is 3.15. The van der Waals surface area contributed by atoms with E-state index in [1.807, 2.05) is 32.0 Å². The SMILES string of the molecule is COc1ccc(OC)c(C(C)(C)NC(=O)CCl)c1. The molecule has 18 heavy (non-hydrogen) atoms.